The van der Waals surface area contributed by atoms with Crippen molar-refractivity contribution < 1.29 is 0 Å². The van der Waals surface area contributed by atoms with E-state index in [9.17, 15) is 0 Å². The van der Waals surface area contributed by atoms with E-state index in [1.807, 2.05) is 7.05 Å². The topological polar surface area (TPSA) is 12.0 Å². The van der Waals surface area contributed by atoms with Gasteiger partial charge in [0.05, 0.1) is 8.81 Å². The van der Waals surface area contributed by atoms with Crippen LogP contribution < -0.4 is 5.32 Å². The van der Waals surface area contributed by atoms with E-state index in [2.05, 4.69) is 34.2 Å². The Morgan fingerprint density at radius 3 is 2.59 bits per heavy atom. The monoisotopic (exact) mass is 337 g/mol. The van der Waals surface area contributed by atoms with Gasteiger partial charge in [0, 0.05) is 10.9 Å². The summed E-state index contributed by atoms with van der Waals surface area (Å²) in [5.74, 6) is 0. The Hall–Kier alpha value is 0.430. The van der Waals surface area contributed by atoms with Crippen molar-refractivity contribution >= 4 is 38.9 Å². The Morgan fingerprint density at radius 1 is 1.35 bits per heavy atom. The minimum Gasteiger partial charge on any atom is -0.312 e. The van der Waals surface area contributed by atoms with Crippen molar-refractivity contribution in [1.29, 1.82) is 0 Å². The molecule has 0 saturated heterocycles. The second-order valence-corrected chi connectivity index (χ2v) is 7.12. The Labute approximate surface area is 122 Å². The van der Waals surface area contributed by atoms with Gasteiger partial charge in [-0.05, 0) is 35.5 Å². The Bertz CT molecular complexity index is 308. The molecule has 1 rings (SSSR count). The van der Waals surface area contributed by atoms with Gasteiger partial charge in [0.25, 0.3) is 0 Å². The Balaban J connectivity index is 2.38. The molecular weight excluding hydrogens is 318 g/mol. The van der Waals surface area contributed by atoms with Crippen LogP contribution in [0.2, 0.25) is 5.02 Å². The quantitative estimate of drug-likeness (QED) is 0.592. The van der Waals surface area contributed by atoms with Crippen molar-refractivity contribution in [2.45, 2.75) is 51.5 Å². The molecule has 1 heterocycles. The van der Waals surface area contributed by atoms with Crippen LogP contribution in [0.1, 0.15) is 56.4 Å². The Kier molecular flexibility index (Phi) is 7.76. The van der Waals surface area contributed by atoms with Crippen molar-refractivity contribution in [3.8, 4) is 0 Å². The third kappa shape index (κ3) is 5.29. The van der Waals surface area contributed by atoms with E-state index in [1.165, 1.54) is 43.4 Å². The standard InChI is InChI=1S/C13H21BrClNS/c1-3-4-5-6-7-8-11(16-2)12-9-10(15)13(14)17-12/h9,11,16H,3-8H2,1-2H3. The zero-order valence-electron chi connectivity index (χ0n) is 10.6. The largest absolute Gasteiger partial charge is 0.312 e. The van der Waals surface area contributed by atoms with Crippen LogP contribution in [0.3, 0.4) is 0 Å². The third-order valence-electron chi connectivity index (χ3n) is 2.95. The van der Waals surface area contributed by atoms with Crippen LogP contribution in [0.5, 0.6) is 0 Å². The van der Waals surface area contributed by atoms with Crippen molar-refractivity contribution in [3.05, 3.63) is 19.8 Å². The van der Waals surface area contributed by atoms with Gasteiger partial charge in [0.1, 0.15) is 0 Å². The van der Waals surface area contributed by atoms with Crippen LogP contribution in [-0.2, 0) is 0 Å². The first-order valence-corrected chi connectivity index (χ1v) is 8.29. The lowest BCUT2D eigenvalue weighted by molar-refractivity contribution is 0.506. The molecule has 0 amide bonds. The van der Waals surface area contributed by atoms with Crippen molar-refractivity contribution in [2.24, 2.45) is 0 Å². The van der Waals surface area contributed by atoms with Crippen LogP contribution in [0, 0.1) is 0 Å². The van der Waals surface area contributed by atoms with Crippen LogP contribution in [0.4, 0.5) is 0 Å². The van der Waals surface area contributed by atoms with Crippen LogP contribution in [0.15, 0.2) is 9.85 Å². The molecule has 1 nitrogen and oxygen atoms in total. The first-order valence-electron chi connectivity index (χ1n) is 6.31. The highest BCUT2D eigenvalue weighted by atomic mass is 79.9. The first kappa shape index (κ1) is 15.5. The molecule has 0 bridgehead atoms. The minimum absolute atomic E-state index is 0.449. The van der Waals surface area contributed by atoms with Crippen LogP contribution >= 0.6 is 38.9 Å². The minimum atomic E-state index is 0.449. The second-order valence-electron chi connectivity index (χ2n) is 4.31. The van der Waals surface area contributed by atoms with E-state index in [1.54, 1.807) is 11.3 Å². The van der Waals surface area contributed by atoms with E-state index in [4.69, 9.17) is 11.6 Å². The fraction of sp³-hybridized carbons (Fsp3) is 0.692. The van der Waals surface area contributed by atoms with Crippen LogP contribution in [0.25, 0.3) is 0 Å². The number of rotatable bonds is 8. The number of halogens is 2. The molecule has 98 valence electrons. The van der Waals surface area contributed by atoms with E-state index in [-0.39, 0.29) is 0 Å². The maximum Gasteiger partial charge on any atom is 0.0887 e. The molecule has 1 atom stereocenters. The highest BCUT2D eigenvalue weighted by Gasteiger charge is 2.13. The molecule has 0 aromatic carbocycles. The lowest BCUT2D eigenvalue weighted by Gasteiger charge is -2.14. The lowest BCUT2D eigenvalue weighted by Crippen LogP contribution is -2.14. The van der Waals surface area contributed by atoms with Gasteiger partial charge in [-0.15, -0.1) is 11.3 Å². The van der Waals surface area contributed by atoms with E-state index in [0.717, 1.165) is 8.81 Å². The predicted molar refractivity (Wildman–Crippen MR) is 82.2 cm³/mol. The molecular formula is C13H21BrClNS. The normalized spacial score (nSPS) is 12.9. The number of unbranched alkanes of at least 4 members (excludes halogenated alkanes) is 4. The molecule has 1 unspecified atom stereocenters. The highest BCUT2D eigenvalue weighted by molar-refractivity contribution is 9.11. The molecule has 0 saturated carbocycles. The molecule has 0 aliphatic heterocycles. The summed E-state index contributed by atoms with van der Waals surface area (Å²) in [6.45, 7) is 2.25. The molecule has 1 aromatic heterocycles. The zero-order chi connectivity index (χ0) is 12.7. The molecule has 0 aliphatic rings. The fourth-order valence-corrected chi connectivity index (χ4v) is 3.81. The van der Waals surface area contributed by atoms with Gasteiger partial charge in [-0.3, -0.25) is 0 Å². The van der Waals surface area contributed by atoms with Gasteiger partial charge in [-0.2, -0.15) is 0 Å². The maximum absolute atomic E-state index is 6.07. The van der Waals surface area contributed by atoms with Gasteiger partial charge in [-0.1, -0.05) is 50.6 Å². The molecule has 0 aliphatic carbocycles. The van der Waals surface area contributed by atoms with Gasteiger partial charge in [0.2, 0.25) is 0 Å². The molecule has 0 spiro atoms. The number of nitrogens with one attached hydrogen (secondary N) is 1. The number of hydrogen-bond donors (Lipinski definition) is 1. The Morgan fingerprint density at radius 2 is 2.06 bits per heavy atom. The fourth-order valence-electron chi connectivity index (χ4n) is 1.92. The second kappa shape index (κ2) is 8.52. The number of hydrogen-bond acceptors (Lipinski definition) is 2. The summed E-state index contributed by atoms with van der Waals surface area (Å²) in [6, 6.07) is 2.52. The van der Waals surface area contributed by atoms with Crippen molar-refractivity contribution in [3.63, 3.8) is 0 Å². The SMILES string of the molecule is CCCCCCCC(NC)c1cc(Cl)c(Br)s1. The highest BCUT2D eigenvalue weighted by Crippen LogP contribution is 2.36. The van der Waals surface area contributed by atoms with E-state index < -0.39 is 0 Å². The third-order valence-corrected chi connectivity index (χ3v) is 5.54. The lowest BCUT2D eigenvalue weighted by atomic mass is 10.1. The summed E-state index contributed by atoms with van der Waals surface area (Å²) in [6.07, 6.45) is 7.86. The molecule has 0 radical (unpaired) electrons. The molecule has 17 heavy (non-hydrogen) atoms. The van der Waals surface area contributed by atoms with E-state index in [0.29, 0.717) is 6.04 Å². The molecule has 4 heteroatoms. The first-order chi connectivity index (χ1) is 8.19. The van der Waals surface area contributed by atoms with Gasteiger partial charge < -0.3 is 5.32 Å². The number of thiophene rings is 1. The average molecular weight is 339 g/mol. The molecule has 1 N–H and O–H groups in total. The summed E-state index contributed by atoms with van der Waals surface area (Å²) < 4.78 is 1.04. The van der Waals surface area contributed by atoms with Crippen LogP contribution in [-0.4, -0.2) is 7.05 Å². The van der Waals surface area contributed by atoms with Gasteiger partial charge >= 0.3 is 0 Å². The summed E-state index contributed by atoms with van der Waals surface area (Å²) in [7, 11) is 2.03. The summed E-state index contributed by atoms with van der Waals surface area (Å²) in [5.41, 5.74) is 0. The van der Waals surface area contributed by atoms with Crippen molar-refractivity contribution in [2.75, 3.05) is 7.05 Å². The molecule has 0 fully saturated rings. The predicted octanol–water partition coefficient (Wildman–Crippen LogP) is 5.79. The average Bonchev–Trinajstić information content (AvgIpc) is 2.64. The summed E-state index contributed by atoms with van der Waals surface area (Å²) in [4.78, 5) is 1.33. The maximum atomic E-state index is 6.07. The zero-order valence-corrected chi connectivity index (χ0v) is 13.7. The molecule has 1 aromatic rings. The van der Waals surface area contributed by atoms with Crippen molar-refractivity contribution in [1.82, 2.24) is 5.32 Å². The van der Waals surface area contributed by atoms with E-state index >= 15 is 0 Å². The summed E-state index contributed by atoms with van der Waals surface area (Å²) in [5, 5.41) is 4.21. The van der Waals surface area contributed by atoms with Gasteiger partial charge in [0.15, 0.2) is 0 Å². The summed E-state index contributed by atoms with van der Waals surface area (Å²) >= 11 is 11.3. The smallest absolute Gasteiger partial charge is 0.0887 e. The van der Waals surface area contributed by atoms with Gasteiger partial charge in [-0.25, -0.2) is 0 Å².